The molecule has 1 saturated heterocycles. The number of hydrogen-bond acceptors (Lipinski definition) is 8. The van der Waals surface area contributed by atoms with Gasteiger partial charge in [0.2, 0.25) is 0 Å². The zero-order chi connectivity index (χ0) is 24.8. The number of aliphatic hydroxyl groups excluding tert-OH is 1. The third kappa shape index (κ3) is 5.26. The van der Waals surface area contributed by atoms with Gasteiger partial charge in [0.15, 0.2) is 23.0 Å². The first-order valence-corrected chi connectivity index (χ1v) is 11.6. The molecule has 1 atom stereocenters. The maximum atomic E-state index is 13.3. The quantitative estimate of drug-likeness (QED) is 0.516. The molecule has 0 radical (unpaired) electrons. The molecule has 0 saturated carbocycles. The highest BCUT2D eigenvalue weighted by atomic mass is 16.5. The third-order valence-electron chi connectivity index (χ3n) is 6.22. The fourth-order valence-electron chi connectivity index (χ4n) is 4.51. The molecule has 186 valence electrons. The molecule has 35 heavy (non-hydrogen) atoms. The van der Waals surface area contributed by atoms with Crippen molar-refractivity contribution in [3.05, 3.63) is 65.3 Å². The number of morpholine rings is 1. The predicted octanol–water partition coefficient (Wildman–Crippen LogP) is 3.00. The van der Waals surface area contributed by atoms with Crippen molar-refractivity contribution in [1.29, 1.82) is 0 Å². The van der Waals surface area contributed by atoms with Crippen LogP contribution in [0, 0.1) is 0 Å². The maximum Gasteiger partial charge on any atom is 0.290 e. The minimum atomic E-state index is -0.828. The number of rotatable bonds is 10. The Morgan fingerprint density at radius 2 is 1.94 bits per heavy atom. The summed E-state index contributed by atoms with van der Waals surface area (Å²) in [6, 6.07) is 7.87. The number of allylic oxidation sites excluding steroid dienone is 1. The van der Waals surface area contributed by atoms with Crippen molar-refractivity contribution >= 4 is 17.8 Å². The van der Waals surface area contributed by atoms with Gasteiger partial charge < -0.3 is 28.6 Å². The Morgan fingerprint density at radius 1 is 1.14 bits per heavy atom. The van der Waals surface area contributed by atoms with Crippen molar-refractivity contribution in [3.63, 3.8) is 0 Å². The molecule has 9 heteroatoms. The van der Waals surface area contributed by atoms with Crippen molar-refractivity contribution in [2.75, 3.05) is 53.6 Å². The fraction of sp³-hybridized carbons (Fsp3) is 0.385. The molecule has 0 aliphatic carbocycles. The summed E-state index contributed by atoms with van der Waals surface area (Å²) in [4.78, 5) is 30.3. The van der Waals surface area contributed by atoms with E-state index in [2.05, 4.69) is 4.90 Å². The van der Waals surface area contributed by atoms with E-state index in [1.807, 2.05) is 0 Å². The van der Waals surface area contributed by atoms with E-state index in [9.17, 15) is 14.7 Å². The van der Waals surface area contributed by atoms with Crippen LogP contribution in [0.25, 0.3) is 6.08 Å². The molecule has 1 aromatic heterocycles. The molecule has 1 N–H and O–H groups in total. The summed E-state index contributed by atoms with van der Waals surface area (Å²) < 4.78 is 21.7. The van der Waals surface area contributed by atoms with Gasteiger partial charge in [-0.3, -0.25) is 14.5 Å². The van der Waals surface area contributed by atoms with Crippen molar-refractivity contribution in [2.45, 2.75) is 12.5 Å². The Labute approximate surface area is 204 Å². The average molecular weight is 483 g/mol. The van der Waals surface area contributed by atoms with Gasteiger partial charge in [-0.1, -0.05) is 12.1 Å². The van der Waals surface area contributed by atoms with Crippen LogP contribution in [-0.4, -0.2) is 80.2 Å². The van der Waals surface area contributed by atoms with E-state index in [1.165, 1.54) is 37.5 Å². The topological polar surface area (TPSA) is 102 Å². The molecule has 1 unspecified atom stereocenters. The fourth-order valence-corrected chi connectivity index (χ4v) is 4.51. The lowest BCUT2D eigenvalue weighted by molar-refractivity contribution is -0.129. The van der Waals surface area contributed by atoms with Crippen LogP contribution in [0.2, 0.25) is 0 Å². The summed E-state index contributed by atoms with van der Waals surface area (Å²) in [7, 11) is 3.02. The van der Waals surface area contributed by atoms with Gasteiger partial charge in [0.25, 0.3) is 5.91 Å². The van der Waals surface area contributed by atoms with E-state index in [-0.39, 0.29) is 5.57 Å². The maximum absolute atomic E-state index is 13.3. The summed E-state index contributed by atoms with van der Waals surface area (Å²) >= 11 is 0. The number of benzene rings is 1. The van der Waals surface area contributed by atoms with Gasteiger partial charge in [0, 0.05) is 31.7 Å². The number of hydrogen-bond donors (Lipinski definition) is 1. The number of methoxy groups -OCH3 is 2. The van der Waals surface area contributed by atoms with E-state index in [1.54, 1.807) is 30.3 Å². The van der Waals surface area contributed by atoms with Crippen molar-refractivity contribution in [2.24, 2.45) is 0 Å². The number of furan rings is 1. The molecular formula is C26H30N2O7. The van der Waals surface area contributed by atoms with Crippen LogP contribution in [0.4, 0.5) is 0 Å². The second-order valence-corrected chi connectivity index (χ2v) is 8.27. The van der Waals surface area contributed by atoms with E-state index in [0.717, 1.165) is 19.6 Å². The summed E-state index contributed by atoms with van der Waals surface area (Å²) in [6.45, 7) is 4.18. The smallest absolute Gasteiger partial charge is 0.290 e. The normalized spacial score (nSPS) is 19.1. The van der Waals surface area contributed by atoms with E-state index < -0.39 is 23.5 Å². The number of amides is 1. The molecule has 9 nitrogen and oxygen atoms in total. The molecule has 4 rings (SSSR count). The van der Waals surface area contributed by atoms with Crippen LogP contribution in [0.3, 0.4) is 0 Å². The highest BCUT2D eigenvalue weighted by Crippen LogP contribution is 2.44. The number of para-hydroxylation sites is 1. The van der Waals surface area contributed by atoms with Gasteiger partial charge in [-0.15, -0.1) is 0 Å². The number of carbonyl (C=O) groups is 2. The van der Waals surface area contributed by atoms with Gasteiger partial charge in [0.05, 0.1) is 45.3 Å². The summed E-state index contributed by atoms with van der Waals surface area (Å²) in [5.74, 6) is -0.272. The zero-order valence-corrected chi connectivity index (χ0v) is 19.9. The first-order chi connectivity index (χ1) is 17.0. The van der Waals surface area contributed by atoms with Crippen LogP contribution < -0.4 is 9.47 Å². The lowest BCUT2D eigenvalue weighted by Crippen LogP contribution is -2.39. The van der Waals surface area contributed by atoms with Crippen LogP contribution in [0.5, 0.6) is 11.5 Å². The van der Waals surface area contributed by atoms with E-state index in [4.69, 9.17) is 18.6 Å². The van der Waals surface area contributed by atoms with Crippen molar-refractivity contribution < 1.29 is 33.3 Å². The standard InChI is InChI=1S/C26H30N2O7/c1-32-21-8-3-7-19(25(21)33-2)23-22(20(29)10-9-18-6-4-15-35-18)24(30)26(31)28(23)12-5-11-27-13-16-34-17-14-27/h3-4,6-10,15,23,30H,5,11-14,16-17H2,1-2H3. The third-order valence-corrected chi connectivity index (χ3v) is 6.22. The minimum absolute atomic E-state index is 0.00395. The van der Waals surface area contributed by atoms with Gasteiger partial charge in [0.1, 0.15) is 5.76 Å². The van der Waals surface area contributed by atoms with Crippen LogP contribution >= 0.6 is 0 Å². The van der Waals surface area contributed by atoms with Gasteiger partial charge in [-0.05, 0) is 36.8 Å². The molecule has 2 aliphatic rings. The van der Waals surface area contributed by atoms with Gasteiger partial charge >= 0.3 is 0 Å². The minimum Gasteiger partial charge on any atom is -0.503 e. The number of ether oxygens (including phenoxy) is 3. The van der Waals surface area contributed by atoms with Gasteiger partial charge in [-0.2, -0.15) is 0 Å². The average Bonchev–Trinajstić information content (AvgIpc) is 3.49. The molecule has 1 amide bonds. The molecule has 0 bridgehead atoms. The number of carbonyl (C=O) groups excluding carboxylic acids is 2. The second-order valence-electron chi connectivity index (χ2n) is 8.27. The first kappa shape index (κ1) is 24.6. The second kappa shape index (κ2) is 11.2. The lowest BCUT2D eigenvalue weighted by atomic mass is 9.94. The molecule has 1 aromatic carbocycles. The Hall–Kier alpha value is -3.56. The van der Waals surface area contributed by atoms with Crippen molar-refractivity contribution in [3.8, 4) is 11.5 Å². The summed E-state index contributed by atoms with van der Waals surface area (Å²) in [5.41, 5.74) is 0.557. The molecule has 0 spiro atoms. The Kier molecular flexibility index (Phi) is 7.89. The first-order valence-electron chi connectivity index (χ1n) is 11.6. The number of aliphatic hydroxyl groups is 1. The number of ketones is 1. The van der Waals surface area contributed by atoms with Crippen LogP contribution in [0.1, 0.15) is 23.8 Å². The molecular weight excluding hydrogens is 452 g/mol. The zero-order valence-electron chi connectivity index (χ0n) is 19.9. The van der Waals surface area contributed by atoms with Gasteiger partial charge in [-0.25, -0.2) is 0 Å². The van der Waals surface area contributed by atoms with Crippen molar-refractivity contribution in [1.82, 2.24) is 9.80 Å². The highest BCUT2D eigenvalue weighted by molar-refractivity contribution is 6.14. The lowest BCUT2D eigenvalue weighted by Gasteiger charge is -2.30. The van der Waals surface area contributed by atoms with Crippen LogP contribution in [-0.2, 0) is 14.3 Å². The van der Waals surface area contributed by atoms with Crippen LogP contribution in [0.15, 0.2) is 58.4 Å². The monoisotopic (exact) mass is 482 g/mol. The summed E-state index contributed by atoms with van der Waals surface area (Å²) in [6.07, 6.45) is 4.98. The van der Waals surface area contributed by atoms with E-state index >= 15 is 0 Å². The Morgan fingerprint density at radius 3 is 2.63 bits per heavy atom. The Bertz CT molecular complexity index is 1100. The highest BCUT2D eigenvalue weighted by Gasteiger charge is 2.44. The number of nitrogens with zero attached hydrogens (tertiary/aromatic N) is 2. The molecule has 2 aromatic rings. The summed E-state index contributed by atoms with van der Waals surface area (Å²) in [5, 5.41) is 10.8. The SMILES string of the molecule is COc1cccc(C2C(C(=O)C=Cc3ccco3)=C(O)C(=O)N2CCCN2CCOCC2)c1OC. The largest absolute Gasteiger partial charge is 0.503 e. The molecule has 1 fully saturated rings. The predicted molar refractivity (Wildman–Crippen MR) is 128 cm³/mol. The molecule has 2 aliphatic heterocycles. The molecule has 3 heterocycles. The Balaban J connectivity index is 1.66. The van der Waals surface area contributed by atoms with E-state index in [0.29, 0.717) is 49.0 Å².